The minimum atomic E-state index is -1.15. The molecule has 1 aromatic carbocycles. The van der Waals surface area contributed by atoms with Gasteiger partial charge in [0.1, 0.15) is 11.5 Å². The van der Waals surface area contributed by atoms with Crippen LogP contribution in [0.5, 0.6) is 0 Å². The number of benzene rings is 1. The molecule has 128 valence electrons. The number of rotatable bonds is 3. The van der Waals surface area contributed by atoms with Crippen LogP contribution in [-0.4, -0.2) is 35.7 Å². The van der Waals surface area contributed by atoms with Crippen molar-refractivity contribution in [2.45, 2.75) is 38.7 Å². The smallest absolute Gasteiger partial charge is 0.137 e. The maximum Gasteiger partial charge on any atom is 0.137 e. The average Bonchev–Trinajstić information content (AvgIpc) is 2.85. The van der Waals surface area contributed by atoms with Gasteiger partial charge in [-0.3, -0.25) is 4.79 Å². The molecule has 0 amide bonds. The van der Waals surface area contributed by atoms with Crippen LogP contribution in [-0.2, 0) is 11.2 Å². The molecule has 3 rings (SSSR count). The molecule has 0 fully saturated rings. The first-order chi connectivity index (χ1) is 11.2. The summed E-state index contributed by atoms with van der Waals surface area (Å²) in [5.74, 6) is -0.0709. The number of aryl methyl sites for hydroxylation is 1. The first-order valence-electron chi connectivity index (χ1n) is 8.17. The van der Waals surface area contributed by atoms with E-state index >= 15 is 0 Å². The van der Waals surface area contributed by atoms with Crippen molar-refractivity contribution in [1.82, 2.24) is 5.16 Å². The summed E-state index contributed by atoms with van der Waals surface area (Å²) in [6, 6.07) is 8.10. The van der Waals surface area contributed by atoms with Crippen molar-refractivity contribution < 1.29 is 14.4 Å². The highest BCUT2D eigenvalue weighted by molar-refractivity contribution is 5.82. The summed E-state index contributed by atoms with van der Waals surface area (Å²) in [5.41, 5.74) is 2.62. The molecule has 5 heteroatoms. The predicted octanol–water partition coefficient (Wildman–Crippen LogP) is 2.69. The number of carbonyl (C=O) groups excluding carboxylic acids is 1. The zero-order valence-electron chi connectivity index (χ0n) is 14.8. The molecule has 1 heterocycles. The van der Waals surface area contributed by atoms with E-state index < -0.39 is 11.5 Å². The van der Waals surface area contributed by atoms with Gasteiger partial charge in [-0.25, -0.2) is 0 Å². The molecule has 24 heavy (non-hydrogen) atoms. The van der Waals surface area contributed by atoms with Crippen molar-refractivity contribution in [3.63, 3.8) is 0 Å². The van der Waals surface area contributed by atoms with Crippen LogP contribution in [0.15, 0.2) is 28.8 Å². The van der Waals surface area contributed by atoms with Crippen LogP contribution in [0.2, 0.25) is 0 Å². The molecule has 1 aliphatic rings. The molecule has 0 aliphatic heterocycles. The second-order valence-corrected chi connectivity index (χ2v) is 7.19. The minimum absolute atomic E-state index is 0.0204. The van der Waals surface area contributed by atoms with Gasteiger partial charge in [-0.1, -0.05) is 17.3 Å². The van der Waals surface area contributed by atoms with Gasteiger partial charge in [0.2, 0.25) is 0 Å². The monoisotopic (exact) mass is 328 g/mol. The normalized spacial score (nSPS) is 26.1. The van der Waals surface area contributed by atoms with Gasteiger partial charge in [-0.05, 0) is 38.5 Å². The van der Waals surface area contributed by atoms with Gasteiger partial charge in [0, 0.05) is 37.7 Å². The third-order valence-electron chi connectivity index (χ3n) is 5.03. The number of anilines is 1. The second kappa shape index (κ2) is 5.74. The largest absolute Gasteiger partial charge is 0.389 e. The van der Waals surface area contributed by atoms with E-state index in [-0.39, 0.29) is 11.7 Å². The third kappa shape index (κ3) is 2.63. The number of nitrogens with zero attached hydrogens (tertiary/aromatic N) is 2. The number of hydrogen-bond donors (Lipinski definition) is 1. The number of hydrogen-bond acceptors (Lipinski definition) is 5. The lowest BCUT2D eigenvalue weighted by Crippen LogP contribution is -2.48. The predicted molar refractivity (Wildman–Crippen MR) is 92.4 cm³/mol. The molecule has 3 atom stereocenters. The van der Waals surface area contributed by atoms with Gasteiger partial charge in [0.05, 0.1) is 17.2 Å². The fraction of sp³-hybridized carbons (Fsp3) is 0.474. The number of aliphatic hydroxyl groups is 1. The molecule has 5 nitrogen and oxygen atoms in total. The summed E-state index contributed by atoms with van der Waals surface area (Å²) in [6.07, 6.45) is 0.330. The van der Waals surface area contributed by atoms with Gasteiger partial charge in [-0.15, -0.1) is 0 Å². The van der Waals surface area contributed by atoms with E-state index in [2.05, 4.69) is 5.16 Å². The topological polar surface area (TPSA) is 66.6 Å². The standard InChI is InChI=1S/C19H24N2O3/c1-11(22)18-17(13-6-8-14(9-7-13)21(4)5)16-12(2)24-20-15(16)10-19(18,3)23/h6-9,17-18,23H,10H2,1-5H3. The van der Waals surface area contributed by atoms with E-state index in [0.29, 0.717) is 12.2 Å². The van der Waals surface area contributed by atoms with Crippen molar-refractivity contribution in [3.8, 4) is 0 Å². The van der Waals surface area contributed by atoms with Crippen molar-refractivity contribution >= 4 is 11.5 Å². The Morgan fingerprint density at radius 2 is 1.96 bits per heavy atom. The highest BCUT2D eigenvalue weighted by Gasteiger charge is 2.49. The Hall–Kier alpha value is -2.14. The summed E-state index contributed by atoms with van der Waals surface area (Å²) in [7, 11) is 3.97. The molecule has 0 bridgehead atoms. The summed E-state index contributed by atoms with van der Waals surface area (Å²) in [4.78, 5) is 14.4. The molecule has 3 unspecified atom stereocenters. The Kier molecular flexibility index (Phi) is 4.00. The maximum absolute atomic E-state index is 12.4. The quantitative estimate of drug-likeness (QED) is 0.938. The molecule has 0 spiro atoms. The molecule has 2 aromatic rings. The fourth-order valence-corrected chi connectivity index (χ4v) is 3.94. The summed E-state index contributed by atoms with van der Waals surface area (Å²) >= 11 is 0. The van der Waals surface area contributed by atoms with Crippen LogP contribution in [0.25, 0.3) is 0 Å². The van der Waals surface area contributed by atoms with Crippen molar-refractivity contribution in [1.29, 1.82) is 0 Å². The summed E-state index contributed by atoms with van der Waals surface area (Å²) in [6.45, 7) is 5.13. The highest BCUT2D eigenvalue weighted by atomic mass is 16.5. The van der Waals surface area contributed by atoms with E-state index in [0.717, 1.165) is 22.5 Å². The zero-order chi connectivity index (χ0) is 17.6. The summed E-state index contributed by atoms with van der Waals surface area (Å²) < 4.78 is 5.37. The van der Waals surface area contributed by atoms with Crippen LogP contribution in [0, 0.1) is 12.8 Å². The Labute approximate surface area is 142 Å². The van der Waals surface area contributed by atoms with Gasteiger partial charge in [0.25, 0.3) is 0 Å². The first-order valence-corrected chi connectivity index (χ1v) is 8.17. The van der Waals surface area contributed by atoms with Gasteiger partial charge in [-0.2, -0.15) is 0 Å². The van der Waals surface area contributed by atoms with Crippen molar-refractivity contribution in [2.75, 3.05) is 19.0 Å². The Bertz CT molecular complexity index is 759. The van der Waals surface area contributed by atoms with Crippen LogP contribution >= 0.6 is 0 Å². The second-order valence-electron chi connectivity index (χ2n) is 7.19. The van der Waals surface area contributed by atoms with E-state index in [1.54, 1.807) is 13.8 Å². The molecule has 0 saturated carbocycles. The number of carbonyl (C=O) groups is 1. The lowest BCUT2D eigenvalue weighted by molar-refractivity contribution is -0.130. The Balaban J connectivity index is 2.17. The van der Waals surface area contributed by atoms with Crippen molar-refractivity contribution in [2.24, 2.45) is 5.92 Å². The van der Waals surface area contributed by atoms with Crippen LogP contribution in [0.4, 0.5) is 5.69 Å². The first kappa shape index (κ1) is 16.7. The number of fused-ring (bicyclic) bond motifs is 1. The third-order valence-corrected chi connectivity index (χ3v) is 5.03. The fourth-order valence-electron chi connectivity index (χ4n) is 3.94. The minimum Gasteiger partial charge on any atom is -0.389 e. The average molecular weight is 328 g/mol. The number of aromatic nitrogens is 1. The van der Waals surface area contributed by atoms with E-state index in [1.165, 1.54) is 0 Å². The molecular formula is C19H24N2O3. The maximum atomic E-state index is 12.4. The van der Waals surface area contributed by atoms with Crippen LogP contribution < -0.4 is 4.90 Å². The van der Waals surface area contributed by atoms with Crippen LogP contribution in [0.1, 0.15) is 42.3 Å². The van der Waals surface area contributed by atoms with E-state index in [9.17, 15) is 9.90 Å². The number of ketones is 1. The van der Waals surface area contributed by atoms with Crippen molar-refractivity contribution in [3.05, 3.63) is 46.8 Å². The highest BCUT2D eigenvalue weighted by Crippen LogP contribution is 2.47. The Morgan fingerprint density at radius 3 is 2.50 bits per heavy atom. The van der Waals surface area contributed by atoms with Crippen LogP contribution in [0.3, 0.4) is 0 Å². The lowest BCUT2D eigenvalue weighted by atomic mass is 9.64. The molecule has 1 aliphatic carbocycles. The van der Waals surface area contributed by atoms with E-state index in [4.69, 9.17) is 4.52 Å². The molecule has 0 saturated heterocycles. The zero-order valence-corrected chi connectivity index (χ0v) is 14.8. The van der Waals surface area contributed by atoms with E-state index in [1.807, 2.05) is 50.2 Å². The molecular weight excluding hydrogens is 304 g/mol. The summed E-state index contributed by atoms with van der Waals surface area (Å²) in [5, 5.41) is 15.0. The Morgan fingerprint density at radius 1 is 1.33 bits per heavy atom. The molecule has 1 N–H and O–H groups in total. The van der Waals surface area contributed by atoms with Gasteiger partial charge >= 0.3 is 0 Å². The SMILES string of the molecule is CC(=O)C1C(c2ccc(N(C)C)cc2)c2c(noc2C)CC1(C)O. The number of Topliss-reactive ketones (excluding diaryl/α,β-unsaturated/α-hetero) is 1. The van der Waals surface area contributed by atoms with Gasteiger partial charge in [0.15, 0.2) is 0 Å². The lowest BCUT2D eigenvalue weighted by Gasteiger charge is -2.40. The van der Waals surface area contributed by atoms with Gasteiger partial charge < -0.3 is 14.5 Å². The molecule has 0 radical (unpaired) electrons. The molecule has 1 aromatic heterocycles.